The van der Waals surface area contributed by atoms with Crippen molar-refractivity contribution >= 4 is 17.9 Å². The van der Waals surface area contributed by atoms with E-state index >= 15 is 0 Å². The van der Waals surface area contributed by atoms with Crippen molar-refractivity contribution in [1.82, 2.24) is 0 Å². The van der Waals surface area contributed by atoms with Crippen molar-refractivity contribution in [2.45, 2.75) is 329 Å². The second-order valence-electron chi connectivity index (χ2n) is 22.0. The number of unbranched alkanes of at least 4 members (excludes halogenated alkanes) is 33. The minimum Gasteiger partial charge on any atom is -0.462 e. The van der Waals surface area contributed by atoms with Gasteiger partial charge in [-0.3, -0.25) is 14.4 Å². The molecule has 0 N–H and O–H groups in total. The number of hydrogen-bond donors (Lipinski definition) is 0. The van der Waals surface area contributed by atoms with Gasteiger partial charge in [0.2, 0.25) is 0 Å². The third-order valence-corrected chi connectivity index (χ3v) is 14.3. The smallest absolute Gasteiger partial charge is 0.306 e. The molecule has 0 rings (SSSR count). The fourth-order valence-electron chi connectivity index (χ4n) is 9.31. The Bertz CT molecular complexity index is 1530. The maximum atomic E-state index is 12.9. The first-order valence-corrected chi connectivity index (χ1v) is 33.2. The molecule has 0 aromatic rings. The van der Waals surface area contributed by atoms with E-state index in [4.69, 9.17) is 14.2 Å². The predicted molar refractivity (Wildman–Crippen MR) is 339 cm³/mol. The summed E-state index contributed by atoms with van der Waals surface area (Å²) in [5, 5.41) is 0. The van der Waals surface area contributed by atoms with Crippen LogP contribution >= 0.6 is 0 Å². The SMILES string of the molecule is CC/C=C\C/C=C\C/C=C\C/C=C\C/C=C\C/C=C\CCCCCCCCCCCCCCCCCCC(=O)OCC(COC(=O)CCCCCCC/C=C\CCCC)OC(=O)CCCCCCC/C=C\CCCCCCC. The summed E-state index contributed by atoms with van der Waals surface area (Å²) < 4.78 is 16.9. The first-order valence-electron chi connectivity index (χ1n) is 33.2. The monoisotopic (exact) mass is 1080 g/mol. The normalized spacial score (nSPS) is 12.7. The van der Waals surface area contributed by atoms with E-state index in [2.05, 4.69) is 118 Å². The van der Waals surface area contributed by atoms with E-state index in [0.717, 1.165) is 116 Å². The van der Waals surface area contributed by atoms with Crippen LogP contribution in [0, 0.1) is 0 Å². The van der Waals surface area contributed by atoms with E-state index < -0.39 is 6.10 Å². The lowest BCUT2D eigenvalue weighted by Gasteiger charge is -2.18. The van der Waals surface area contributed by atoms with Gasteiger partial charge in [-0.25, -0.2) is 0 Å². The second-order valence-corrected chi connectivity index (χ2v) is 22.0. The van der Waals surface area contributed by atoms with Gasteiger partial charge < -0.3 is 14.2 Å². The molecule has 0 aliphatic heterocycles. The van der Waals surface area contributed by atoms with Crippen molar-refractivity contribution < 1.29 is 28.6 Å². The van der Waals surface area contributed by atoms with E-state index in [1.54, 1.807) is 0 Å². The Kier molecular flexibility index (Phi) is 62.7. The molecule has 0 bridgehead atoms. The van der Waals surface area contributed by atoms with Crippen LogP contribution in [0.15, 0.2) is 97.2 Å². The molecule has 1 unspecified atom stereocenters. The molecule has 0 radical (unpaired) electrons. The minimum absolute atomic E-state index is 0.0800. The summed E-state index contributed by atoms with van der Waals surface area (Å²) in [4.78, 5) is 38.2. The number of esters is 3. The van der Waals surface area contributed by atoms with E-state index in [0.29, 0.717) is 19.3 Å². The number of rotatable bonds is 60. The number of carbonyl (C=O) groups is 3. The molecule has 0 aliphatic rings. The summed E-state index contributed by atoms with van der Waals surface area (Å²) in [6.07, 6.45) is 88.7. The first kappa shape index (κ1) is 74.3. The molecule has 0 spiro atoms. The molecule has 0 aliphatic carbocycles. The summed E-state index contributed by atoms with van der Waals surface area (Å²) in [6.45, 7) is 6.49. The van der Waals surface area contributed by atoms with Crippen LogP contribution < -0.4 is 0 Å². The van der Waals surface area contributed by atoms with Gasteiger partial charge in [0.15, 0.2) is 6.10 Å². The molecule has 0 aromatic heterocycles. The van der Waals surface area contributed by atoms with Crippen molar-refractivity contribution in [1.29, 1.82) is 0 Å². The Morgan fingerprint density at radius 1 is 0.269 bits per heavy atom. The number of hydrogen-bond acceptors (Lipinski definition) is 6. The van der Waals surface area contributed by atoms with Crippen molar-refractivity contribution in [3.63, 3.8) is 0 Å². The van der Waals surface area contributed by atoms with Crippen molar-refractivity contribution in [2.75, 3.05) is 13.2 Å². The van der Waals surface area contributed by atoms with Crippen LogP contribution in [0.25, 0.3) is 0 Å². The zero-order valence-electron chi connectivity index (χ0n) is 51.4. The van der Waals surface area contributed by atoms with Gasteiger partial charge in [-0.1, -0.05) is 285 Å². The highest BCUT2D eigenvalue weighted by Crippen LogP contribution is 2.17. The van der Waals surface area contributed by atoms with E-state index in [9.17, 15) is 14.4 Å². The molecule has 78 heavy (non-hydrogen) atoms. The molecule has 448 valence electrons. The highest BCUT2D eigenvalue weighted by atomic mass is 16.6. The van der Waals surface area contributed by atoms with Crippen molar-refractivity contribution in [2.24, 2.45) is 0 Å². The van der Waals surface area contributed by atoms with Gasteiger partial charge in [-0.15, -0.1) is 0 Å². The number of carbonyl (C=O) groups excluding carboxylic acids is 3. The largest absolute Gasteiger partial charge is 0.462 e. The highest BCUT2D eigenvalue weighted by Gasteiger charge is 2.19. The molecular formula is C72H124O6. The lowest BCUT2D eigenvalue weighted by molar-refractivity contribution is -0.167. The zero-order chi connectivity index (χ0) is 56.4. The molecule has 1 atom stereocenters. The lowest BCUT2D eigenvalue weighted by Crippen LogP contribution is -2.30. The molecule has 0 amide bonds. The van der Waals surface area contributed by atoms with Gasteiger partial charge in [0, 0.05) is 19.3 Å². The fraction of sp³-hybridized carbons (Fsp3) is 0.736. The maximum absolute atomic E-state index is 12.9. The Morgan fingerprint density at radius 3 is 0.833 bits per heavy atom. The van der Waals surface area contributed by atoms with Crippen LogP contribution in [0.1, 0.15) is 323 Å². The van der Waals surface area contributed by atoms with Gasteiger partial charge in [0.25, 0.3) is 0 Å². The quantitative estimate of drug-likeness (QED) is 0.0261. The Balaban J connectivity index is 4.09. The third kappa shape index (κ3) is 63.2. The van der Waals surface area contributed by atoms with E-state index in [-0.39, 0.29) is 31.1 Å². The zero-order valence-corrected chi connectivity index (χ0v) is 51.4. The fourth-order valence-corrected chi connectivity index (χ4v) is 9.31. The topological polar surface area (TPSA) is 78.9 Å². The minimum atomic E-state index is -0.783. The Labute approximate surface area is 483 Å². The van der Waals surface area contributed by atoms with Crippen LogP contribution in [0.5, 0.6) is 0 Å². The van der Waals surface area contributed by atoms with Crippen LogP contribution in [0.3, 0.4) is 0 Å². The Morgan fingerprint density at radius 2 is 0.513 bits per heavy atom. The average Bonchev–Trinajstić information content (AvgIpc) is 3.44. The van der Waals surface area contributed by atoms with Crippen molar-refractivity contribution in [3.05, 3.63) is 97.2 Å². The van der Waals surface area contributed by atoms with E-state index in [1.807, 2.05) is 0 Å². The van der Waals surface area contributed by atoms with Gasteiger partial charge in [0.1, 0.15) is 13.2 Å². The van der Waals surface area contributed by atoms with E-state index in [1.165, 1.54) is 167 Å². The van der Waals surface area contributed by atoms with Crippen LogP contribution in [-0.2, 0) is 28.6 Å². The molecule has 6 heteroatoms. The number of ether oxygens (including phenoxy) is 3. The van der Waals surface area contributed by atoms with Gasteiger partial charge in [0.05, 0.1) is 0 Å². The highest BCUT2D eigenvalue weighted by molar-refractivity contribution is 5.71. The van der Waals surface area contributed by atoms with Crippen molar-refractivity contribution in [3.8, 4) is 0 Å². The molecule has 0 saturated carbocycles. The average molecular weight is 1090 g/mol. The molecular weight excluding hydrogens is 961 g/mol. The molecule has 0 saturated heterocycles. The van der Waals surface area contributed by atoms with Crippen LogP contribution in [0.2, 0.25) is 0 Å². The third-order valence-electron chi connectivity index (χ3n) is 14.3. The van der Waals surface area contributed by atoms with Gasteiger partial charge in [-0.05, 0) is 116 Å². The summed E-state index contributed by atoms with van der Waals surface area (Å²) in [7, 11) is 0. The summed E-state index contributed by atoms with van der Waals surface area (Å²) >= 11 is 0. The summed E-state index contributed by atoms with van der Waals surface area (Å²) in [6, 6.07) is 0. The summed E-state index contributed by atoms with van der Waals surface area (Å²) in [5.74, 6) is -0.888. The molecule has 6 nitrogen and oxygen atoms in total. The van der Waals surface area contributed by atoms with Crippen LogP contribution in [-0.4, -0.2) is 37.2 Å². The standard InChI is InChI=1S/C72H124O6/c1-4-7-10-13-16-19-22-24-26-27-28-29-30-31-32-33-34-35-36-37-38-39-40-41-42-43-44-45-46-48-50-53-56-59-62-65-71(74)77-68-69(67-76-70(73)64-61-58-55-52-49-21-18-15-12-9-6-3)78-72(75)66-63-60-57-54-51-47-25-23-20-17-14-11-8-5-2/h7,10,15-16,18-19,23-26,28-29,31-32,34-35,69H,4-6,8-9,11-14,17,20-22,27,30,33,36-68H2,1-3H3/b10-7-,18-15-,19-16-,25-23-,26-24-,29-28-,32-31-,35-34-. The molecule has 0 heterocycles. The first-order chi connectivity index (χ1) is 38.5. The molecule has 0 fully saturated rings. The lowest BCUT2D eigenvalue weighted by atomic mass is 10.0. The van der Waals surface area contributed by atoms with Crippen LogP contribution in [0.4, 0.5) is 0 Å². The van der Waals surface area contributed by atoms with Gasteiger partial charge >= 0.3 is 17.9 Å². The Hall–Kier alpha value is -3.67. The number of allylic oxidation sites excluding steroid dienone is 16. The maximum Gasteiger partial charge on any atom is 0.306 e. The second kappa shape index (κ2) is 65.8. The summed E-state index contributed by atoms with van der Waals surface area (Å²) in [5.41, 5.74) is 0. The molecule has 0 aromatic carbocycles. The predicted octanol–water partition coefficient (Wildman–Crippen LogP) is 22.8. The van der Waals surface area contributed by atoms with Gasteiger partial charge in [-0.2, -0.15) is 0 Å².